The first-order chi connectivity index (χ1) is 16.9. The summed E-state index contributed by atoms with van der Waals surface area (Å²) >= 11 is 0. The Labute approximate surface area is 206 Å². The van der Waals surface area contributed by atoms with Crippen LogP contribution in [0, 0.1) is 12.8 Å². The SMILES string of the molecule is COc1ccc(Cc2nn3c(C(CCCC4CCCCC4)C(C)O)nc(C)c3c(=O)[nH]2)cc1OC. The maximum Gasteiger partial charge on any atom is 0.277 e. The summed E-state index contributed by atoms with van der Waals surface area (Å²) in [6.07, 6.45) is 9.56. The smallest absolute Gasteiger partial charge is 0.277 e. The number of nitrogens with zero attached hydrogens (tertiary/aromatic N) is 3. The van der Waals surface area contributed by atoms with Gasteiger partial charge in [0.1, 0.15) is 11.6 Å². The van der Waals surface area contributed by atoms with E-state index in [4.69, 9.17) is 19.6 Å². The Bertz CT molecular complexity index is 1190. The number of aryl methyl sites for hydroxylation is 1. The molecule has 0 radical (unpaired) electrons. The van der Waals surface area contributed by atoms with E-state index in [2.05, 4.69) is 4.98 Å². The number of aromatic amines is 1. The average molecular weight is 483 g/mol. The van der Waals surface area contributed by atoms with Gasteiger partial charge >= 0.3 is 0 Å². The third-order valence-electron chi connectivity index (χ3n) is 7.33. The van der Waals surface area contributed by atoms with Crippen molar-refractivity contribution in [3.63, 3.8) is 0 Å². The zero-order valence-corrected chi connectivity index (χ0v) is 21.3. The molecule has 35 heavy (non-hydrogen) atoms. The number of nitrogens with one attached hydrogen (secondary N) is 1. The third-order valence-corrected chi connectivity index (χ3v) is 7.33. The van der Waals surface area contributed by atoms with Crippen molar-refractivity contribution in [1.82, 2.24) is 19.6 Å². The van der Waals surface area contributed by atoms with Crippen LogP contribution in [0.25, 0.3) is 5.52 Å². The molecule has 3 aromatic rings. The van der Waals surface area contributed by atoms with Crippen molar-refractivity contribution in [3.05, 3.63) is 51.5 Å². The quantitative estimate of drug-likeness (QED) is 0.440. The monoisotopic (exact) mass is 482 g/mol. The Balaban J connectivity index is 1.61. The molecule has 1 aromatic carbocycles. The number of aliphatic hydroxyl groups is 1. The van der Waals surface area contributed by atoms with Crippen molar-refractivity contribution in [3.8, 4) is 11.5 Å². The van der Waals surface area contributed by atoms with Crippen molar-refractivity contribution >= 4 is 5.52 Å². The molecule has 1 aliphatic carbocycles. The summed E-state index contributed by atoms with van der Waals surface area (Å²) in [7, 11) is 3.19. The second-order valence-corrected chi connectivity index (χ2v) is 9.86. The van der Waals surface area contributed by atoms with Crippen LogP contribution in [0.4, 0.5) is 0 Å². The van der Waals surface area contributed by atoms with E-state index in [1.807, 2.05) is 25.1 Å². The van der Waals surface area contributed by atoms with Crippen molar-refractivity contribution in [1.29, 1.82) is 0 Å². The summed E-state index contributed by atoms with van der Waals surface area (Å²) in [6.45, 7) is 3.63. The van der Waals surface area contributed by atoms with Crippen molar-refractivity contribution in [2.75, 3.05) is 14.2 Å². The van der Waals surface area contributed by atoms with Crippen LogP contribution in [-0.4, -0.2) is 45.0 Å². The lowest BCUT2D eigenvalue weighted by Crippen LogP contribution is -2.22. The Kier molecular flexibility index (Phi) is 8.11. The highest BCUT2D eigenvalue weighted by molar-refractivity contribution is 5.50. The number of hydrogen-bond acceptors (Lipinski definition) is 6. The van der Waals surface area contributed by atoms with Crippen molar-refractivity contribution in [2.45, 2.75) is 83.7 Å². The lowest BCUT2D eigenvalue weighted by atomic mass is 9.84. The molecular formula is C27H38N4O4. The molecule has 8 heteroatoms. The van der Waals surface area contributed by atoms with Crippen LogP contribution in [0.5, 0.6) is 11.5 Å². The largest absolute Gasteiger partial charge is 0.493 e. The maximum absolute atomic E-state index is 13.0. The van der Waals surface area contributed by atoms with E-state index < -0.39 is 6.10 Å². The molecule has 2 aromatic heterocycles. The van der Waals surface area contributed by atoms with Crippen LogP contribution in [0.3, 0.4) is 0 Å². The first-order valence-corrected chi connectivity index (χ1v) is 12.8. The Hall–Kier alpha value is -2.87. The summed E-state index contributed by atoms with van der Waals surface area (Å²) in [5.41, 5.74) is 1.78. The standard InChI is InChI=1S/C27H38N4O4/c1-17-25-27(33)29-24(16-20-13-14-22(34-3)23(15-20)35-4)30-31(25)26(28-17)21(18(2)32)12-8-11-19-9-6-5-7-10-19/h13-15,18-19,21,32H,5-12,16H2,1-4H3,(H,29,30,33). The highest BCUT2D eigenvalue weighted by atomic mass is 16.5. The Morgan fingerprint density at radius 3 is 2.60 bits per heavy atom. The summed E-state index contributed by atoms with van der Waals surface area (Å²) in [5.74, 6) is 3.08. The first-order valence-electron chi connectivity index (χ1n) is 12.8. The highest BCUT2D eigenvalue weighted by Gasteiger charge is 2.26. The number of benzene rings is 1. The van der Waals surface area contributed by atoms with E-state index in [9.17, 15) is 9.90 Å². The summed E-state index contributed by atoms with van der Waals surface area (Å²) in [6, 6.07) is 5.65. The van der Waals surface area contributed by atoms with Gasteiger partial charge in [0.2, 0.25) is 0 Å². The predicted octanol–water partition coefficient (Wildman–Crippen LogP) is 4.55. The molecule has 0 amide bonds. The van der Waals surface area contributed by atoms with Gasteiger partial charge in [0.25, 0.3) is 5.56 Å². The minimum Gasteiger partial charge on any atom is -0.493 e. The number of H-pyrrole nitrogens is 1. The van der Waals surface area contributed by atoms with Crippen LogP contribution in [0.1, 0.15) is 87.1 Å². The number of hydrogen-bond donors (Lipinski definition) is 2. The van der Waals surface area contributed by atoms with E-state index in [1.165, 1.54) is 38.5 Å². The van der Waals surface area contributed by atoms with Crippen LogP contribution in [0.15, 0.2) is 23.0 Å². The molecule has 0 bridgehead atoms. The van der Waals surface area contributed by atoms with Crippen LogP contribution in [0.2, 0.25) is 0 Å². The van der Waals surface area contributed by atoms with Gasteiger partial charge in [0.15, 0.2) is 17.0 Å². The van der Waals surface area contributed by atoms with E-state index in [0.717, 1.165) is 24.3 Å². The van der Waals surface area contributed by atoms with Gasteiger partial charge in [-0.25, -0.2) is 9.50 Å². The lowest BCUT2D eigenvalue weighted by Gasteiger charge is -2.23. The maximum atomic E-state index is 13.0. The molecule has 2 atom stereocenters. The van der Waals surface area contributed by atoms with Gasteiger partial charge in [-0.1, -0.05) is 51.0 Å². The lowest BCUT2D eigenvalue weighted by molar-refractivity contribution is 0.149. The molecule has 2 unspecified atom stereocenters. The molecule has 0 aliphatic heterocycles. The van der Waals surface area contributed by atoms with E-state index >= 15 is 0 Å². The second-order valence-electron chi connectivity index (χ2n) is 9.86. The Morgan fingerprint density at radius 2 is 1.91 bits per heavy atom. The number of methoxy groups -OCH3 is 2. The summed E-state index contributed by atoms with van der Waals surface area (Å²) in [5, 5.41) is 15.4. The summed E-state index contributed by atoms with van der Waals surface area (Å²) in [4.78, 5) is 20.6. The van der Waals surface area contributed by atoms with Gasteiger partial charge in [-0.15, -0.1) is 0 Å². The normalized spacial score (nSPS) is 16.4. The van der Waals surface area contributed by atoms with Gasteiger partial charge in [-0.3, -0.25) is 4.79 Å². The molecule has 2 N–H and O–H groups in total. The first kappa shape index (κ1) is 25.2. The fourth-order valence-electron chi connectivity index (χ4n) is 5.43. The third kappa shape index (κ3) is 5.69. The minimum atomic E-state index is -0.582. The van der Waals surface area contributed by atoms with E-state index in [-0.39, 0.29) is 11.5 Å². The van der Waals surface area contributed by atoms with E-state index in [1.54, 1.807) is 25.7 Å². The molecule has 1 aliphatic rings. The molecule has 8 nitrogen and oxygen atoms in total. The van der Waals surface area contributed by atoms with Crippen LogP contribution >= 0.6 is 0 Å². The number of aliphatic hydroxyl groups excluding tert-OH is 1. The van der Waals surface area contributed by atoms with Gasteiger partial charge in [0.05, 0.1) is 26.0 Å². The highest BCUT2D eigenvalue weighted by Crippen LogP contribution is 2.32. The topological polar surface area (TPSA) is 102 Å². The number of fused-ring (bicyclic) bond motifs is 1. The van der Waals surface area contributed by atoms with Gasteiger partial charge < -0.3 is 19.6 Å². The molecule has 190 valence electrons. The van der Waals surface area contributed by atoms with Crippen molar-refractivity contribution in [2.24, 2.45) is 5.92 Å². The molecule has 1 fully saturated rings. The predicted molar refractivity (Wildman–Crippen MR) is 136 cm³/mol. The molecule has 4 rings (SSSR count). The zero-order chi connectivity index (χ0) is 24.9. The molecule has 2 heterocycles. The van der Waals surface area contributed by atoms with Crippen molar-refractivity contribution < 1.29 is 14.6 Å². The molecule has 0 spiro atoms. The van der Waals surface area contributed by atoms with Gasteiger partial charge in [-0.05, 0) is 43.9 Å². The van der Waals surface area contributed by atoms with Crippen LogP contribution in [-0.2, 0) is 6.42 Å². The zero-order valence-electron chi connectivity index (χ0n) is 21.3. The second kappa shape index (κ2) is 11.2. The van der Waals surface area contributed by atoms with Gasteiger partial charge in [0, 0.05) is 12.3 Å². The summed E-state index contributed by atoms with van der Waals surface area (Å²) < 4.78 is 12.4. The minimum absolute atomic E-state index is 0.178. The average Bonchev–Trinajstić information content (AvgIpc) is 3.18. The number of imidazole rings is 1. The molecule has 0 saturated heterocycles. The molecular weight excluding hydrogens is 444 g/mol. The fourth-order valence-corrected chi connectivity index (χ4v) is 5.43. The Morgan fingerprint density at radius 1 is 1.17 bits per heavy atom. The number of ether oxygens (including phenoxy) is 2. The van der Waals surface area contributed by atoms with Crippen LogP contribution < -0.4 is 15.0 Å². The number of rotatable bonds is 10. The van der Waals surface area contributed by atoms with Gasteiger partial charge in [-0.2, -0.15) is 5.10 Å². The number of aromatic nitrogens is 4. The fraction of sp³-hybridized carbons (Fsp3) is 0.593. The van der Waals surface area contributed by atoms with E-state index in [0.29, 0.717) is 40.8 Å². The molecule has 1 saturated carbocycles.